The zero-order chi connectivity index (χ0) is 17.1. The van der Waals surface area contributed by atoms with Gasteiger partial charge in [-0.2, -0.15) is 0 Å². The summed E-state index contributed by atoms with van der Waals surface area (Å²) in [5.74, 6) is 0.564. The van der Waals surface area contributed by atoms with Gasteiger partial charge in [-0.05, 0) is 19.1 Å². The van der Waals surface area contributed by atoms with E-state index in [1.165, 1.54) is 34.7 Å². The number of para-hydroxylation sites is 2. The molecule has 24 heavy (non-hydrogen) atoms. The molecule has 2 heterocycles. The minimum atomic E-state index is -0.512. The van der Waals surface area contributed by atoms with Gasteiger partial charge >= 0.3 is 0 Å². The number of nitrogens with zero attached hydrogens (tertiary/aromatic N) is 4. The molecule has 3 aromatic rings. The largest absolute Gasteiger partial charge is 0.308 e. The average Bonchev–Trinajstić information content (AvgIpc) is 2.56. The number of fused-ring (bicyclic) bond motifs is 1. The monoisotopic (exact) mass is 342 g/mol. The molecule has 0 aliphatic rings. The van der Waals surface area contributed by atoms with Crippen molar-refractivity contribution in [3.63, 3.8) is 0 Å². The van der Waals surface area contributed by atoms with Crippen LogP contribution in [0.25, 0.3) is 11.0 Å². The molecular weight excluding hydrogens is 328 g/mol. The van der Waals surface area contributed by atoms with Gasteiger partial charge in [-0.1, -0.05) is 12.1 Å². The maximum Gasteiger partial charge on any atom is 0.285 e. The third kappa shape index (κ3) is 3.43. The fourth-order valence-corrected chi connectivity index (χ4v) is 3.15. The van der Waals surface area contributed by atoms with Crippen molar-refractivity contribution in [3.8, 4) is 0 Å². The van der Waals surface area contributed by atoms with Gasteiger partial charge in [0.15, 0.2) is 0 Å². The van der Waals surface area contributed by atoms with Gasteiger partial charge in [0.2, 0.25) is 0 Å². The Hall–Kier alpha value is -2.74. The number of thioether (sulfide) groups is 1. The van der Waals surface area contributed by atoms with Gasteiger partial charge in [-0.3, -0.25) is 14.9 Å². The van der Waals surface area contributed by atoms with E-state index in [2.05, 4.69) is 9.97 Å². The van der Waals surface area contributed by atoms with Crippen molar-refractivity contribution >= 4 is 28.5 Å². The third-order valence-electron chi connectivity index (χ3n) is 3.45. The van der Waals surface area contributed by atoms with E-state index in [0.717, 1.165) is 21.8 Å². The van der Waals surface area contributed by atoms with E-state index in [1.54, 1.807) is 0 Å². The quantitative estimate of drug-likeness (QED) is 0.402. The normalized spacial score (nSPS) is 10.9. The van der Waals surface area contributed by atoms with Crippen LogP contribution >= 0.6 is 11.8 Å². The number of pyridine rings is 1. The molecule has 0 atom stereocenters. The van der Waals surface area contributed by atoms with Crippen molar-refractivity contribution in [1.82, 2.24) is 14.5 Å². The summed E-state index contributed by atoms with van der Waals surface area (Å²) in [4.78, 5) is 31.2. The van der Waals surface area contributed by atoms with Crippen LogP contribution in [0, 0.1) is 17.0 Å². The summed E-state index contributed by atoms with van der Waals surface area (Å²) in [5.41, 5.74) is 2.13. The molecule has 0 unspecified atom stereocenters. The second-order valence-corrected chi connectivity index (χ2v) is 6.21. The Labute approximate surface area is 141 Å². The van der Waals surface area contributed by atoms with Crippen molar-refractivity contribution in [2.75, 3.05) is 5.75 Å². The van der Waals surface area contributed by atoms with Crippen LogP contribution < -0.4 is 5.56 Å². The molecule has 0 aliphatic carbocycles. The lowest BCUT2D eigenvalue weighted by Gasteiger charge is -2.07. The molecule has 7 nitrogen and oxygen atoms in total. The number of benzene rings is 1. The fraction of sp³-hybridized carbons (Fsp3) is 0.188. The predicted molar refractivity (Wildman–Crippen MR) is 92.4 cm³/mol. The summed E-state index contributed by atoms with van der Waals surface area (Å²) in [6, 6.07) is 10.1. The first kappa shape index (κ1) is 16.1. The molecule has 1 aromatic carbocycles. The van der Waals surface area contributed by atoms with E-state index >= 15 is 0 Å². The summed E-state index contributed by atoms with van der Waals surface area (Å²) in [6.45, 7) is 2.25. The van der Waals surface area contributed by atoms with E-state index in [9.17, 15) is 14.9 Å². The van der Waals surface area contributed by atoms with Crippen LogP contribution in [0.4, 0.5) is 5.69 Å². The van der Waals surface area contributed by atoms with Crippen LogP contribution in [0.5, 0.6) is 0 Å². The van der Waals surface area contributed by atoms with Crippen LogP contribution in [0.1, 0.15) is 5.69 Å². The van der Waals surface area contributed by atoms with Crippen LogP contribution in [0.15, 0.2) is 52.4 Å². The summed E-state index contributed by atoms with van der Waals surface area (Å²) in [6.07, 6.45) is 1.27. The second-order valence-electron chi connectivity index (χ2n) is 5.13. The smallest absolute Gasteiger partial charge is 0.285 e. The maximum absolute atomic E-state index is 11.8. The first-order valence-corrected chi connectivity index (χ1v) is 8.24. The molecule has 0 fully saturated rings. The van der Waals surface area contributed by atoms with Gasteiger partial charge in [0.25, 0.3) is 11.2 Å². The predicted octanol–water partition coefficient (Wildman–Crippen LogP) is 2.80. The molecule has 0 saturated heterocycles. The lowest BCUT2D eigenvalue weighted by atomic mass is 10.3. The molecule has 0 aliphatic heterocycles. The molecule has 0 radical (unpaired) electrons. The summed E-state index contributed by atoms with van der Waals surface area (Å²) >= 11 is 1.48. The SMILES string of the molecule is Cc1nc2ccccc2nc1SCCn1cc([N+](=O)[O-])ccc1=O. The van der Waals surface area contributed by atoms with E-state index in [-0.39, 0.29) is 11.2 Å². The first-order valence-electron chi connectivity index (χ1n) is 7.25. The number of rotatable bonds is 5. The maximum atomic E-state index is 11.8. The van der Waals surface area contributed by atoms with Crippen molar-refractivity contribution in [1.29, 1.82) is 0 Å². The molecule has 122 valence electrons. The topological polar surface area (TPSA) is 90.9 Å². The van der Waals surface area contributed by atoms with Crippen LogP contribution in [0.3, 0.4) is 0 Å². The highest BCUT2D eigenvalue weighted by molar-refractivity contribution is 7.99. The Morgan fingerprint density at radius 1 is 1.17 bits per heavy atom. The summed E-state index contributed by atoms with van der Waals surface area (Å²) < 4.78 is 1.34. The highest BCUT2D eigenvalue weighted by Crippen LogP contribution is 2.22. The first-order chi connectivity index (χ1) is 11.5. The standard InChI is InChI=1S/C16H14N4O3S/c1-11-16(18-14-5-3-2-4-13(14)17-11)24-9-8-19-10-12(20(22)23)6-7-15(19)21/h2-7,10H,8-9H2,1H3. The zero-order valence-corrected chi connectivity index (χ0v) is 13.7. The van der Waals surface area contributed by atoms with Crippen LogP contribution in [-0.4, -0.2) is 25.2 Å². The zero-order valence-electron chi connectivity index (χ0n) is 12.9. The van der Waals surface area contributed by atoms with Gasteiger partial charge in [0, 0.05) is 24.4 Å². The lowest BCUT2D eigenvalue weighted by molar-refractivity contribution is -0.385. The lowest BCUT2D eigenvalue weighted by Crippen LogP contribution is -2.19. The van der Waals surface area contributed by atoms with E-state index < -0.39 is 4.92 Å². The Kier molecular flexibility index (Phi) is 4.57. The molecule has 2 aromatic heterocycles. The van der Waals surface area contributed by atoms with Crippen molar-refractivity contribution in [2.45, 2.75) is 18.5 Å². The summed E-state index contributed by atoms with van der Waals surface area (Å²) in [5, 5.41) is 11.6. The van der Waals surface area contributed by atoms with Crippen LogP contribution in [-0.2, 0) is 6.54 Å². The molecular formula is C16H14N4O3S. The van der Waals surface area contributed by atoms with Gasteiger partial charge < -0.3 is 4.57 Å². The Morgan fingerprint density at radius 3 is 2.58 bits per heavy atom. The Morgan fingerprint density at radius 2 is 1.88 bits per heavy atom. The van der Waals surface area contributed by atoms with E-state index in [1.807, 2.05) is 31.2 Å². The molecule has 3 rings (SSSR count). The molecule has 0 saturated carbocycles. The van der Waals surface area contributed by atoms with E-state index in [0.29, 0.717) is 12.3 Å². The second kappa shape index (κ2) is 6.79. The number of nitro groups is 1. The number of aryl methyl sites for hydroxylation is 2. The van der Waals surface area contributed by atoms with Gasteiger partial charge in [0.1, 0.15) is 5.03 Å². The highest BCUT2D eigenvalue weighted by Gasteiger charge is 2.09. The molecule has 0 N–H and O–H groups in total. The number of hydrogen-bond donors (Lipinski definition) is 0. The van der Waals surface area contributed by atoms with Gasteiger partial charge in [0.05, 0.1) is 27.8 Å². The number of hydrogen-bond acceptors (Lipinski definition) is 6. The van der Waals surface area contributed by atoms with Gasteiger partial charge in [-0.25, -0.2) is 9.97 Å². The van der Waals surface area contributed by atoms with Crippen molar-refractivity contribution < 1.29 is 4.92 Å². The van der Waals surface area contributed by atoms with E-state index in [4.69, 9.17) is 0 Å². The molecule has 0 bridgehead atoms. The average molecular weight is 342 g/mol. The molecule has 0 spiro atoms. The number of aromatic nitrogens is 3. The Balaban J connectivity index is 1.75. The summed E-state index contributed by atoms with van der Waals surface area (Å²) in [7, 11) is 0. The Bertz CT molecular complexity index is 971. The van der Waals surface area contributed by atoms with Crippen molar-refractivity contribution in [3.05, 3.63) is 68.8 Å². The molecule has 8 heteroatoms. The minimum absolute atomic E-state index is 0.0960. The minimum Gasteiger partial charge on any atom is -0.308 e. The molecule has 0 amide bonds. The third-order valence-corrected chi connectivity index (χ3v) is 4.50. The fourth-order valence-electron chi connectivity index (χ4n) is 2.25. The highest BCUT2D eigenvalue weighted by atomic mass is 32.2. The van der Waals surface area contributed by atoms with Crippen LogP contribution in [0.2, 0.25) is 0 Å². The van der Waals surface area contributed by atoms with Crippen molar-refractivity contribution in [2.24, 2.45) is 0 Å². The van der Waals surface area contributed by atoms with Gasteiger partial charge in [-0.15, -0.1) is 11.8 Å².